The fourth-order valence-corrected chi connectivity index (χ4v) is 3.96. The van der Waals surface area contributed by atoms with Gasteiger partial charge in [-0.15, -0.1) is 0 Å². The first-order valence-electron chi connectivity index (χ1n) is 10.7. The zero-order valence-electron chi connectivity index (χ0n) is 18.5. The Morgan fingerprint density at radius 2 is 2.09 bits per heavy atom. The third kappa shape index (κ3) is 4.86. The Morgan fingerprint density at radius 3 is 2.84 bits per heavy atom. The van der Waals surface area contributed by atoms with Crippen LogP contribution in [0.25, 0.3) is 11.0 Å². The predicted octanol–water partition coefficient (Wildman–Crippen LogP) is 2.63. The summed E-state index contributed by atoms with van der Waals surface area (Å²) < 4.78 is 1.70. The topological polar surface area (TPSA) is 83.4 Å². The molecule has 0 atom stereocenters. The molecule has 0 aliphatic carbocycles. The Labute approximate surface area is 187 Å². The minimum absolute atomic E-state index is 0.0401. The highest BCUT2D eigenvalue weighted by atomic mass is 16.2. The Balaban J connectivity index is 1.51. The van der Waals surface area contributed by atoms with E-state index in [1.807, 2.05) is 26.2 Å². The largest absolute Gasteiger partial charge is 0.338 e. The lowest BCUT2D eigenvalue weighted by atomic mass is 9.96. The highest BCUT2D eigenvalue weighted by molar-refractivity contribution is 5.87. The van der Waals surface area contributed by atoms with Gasteiger partial charge in [0.2, 0.25) is 11.9 Å². The molecule has 3 heterocycles. The third-order valence-electron chi connectivity index (χ3n) is 5.61. The SMILES string of the molecule is C=CC(=O)N1CC(CCn2c(=O)ccc3cnc(Nc4cccc(CN(C)C)c4)nc32)C1. The van der Waals surface area contributed by atoms with Crippen LogP contribution in [0.15, 0.2) is 60.0 Å². The number of hydrogen-bond acceptors (Lipinski definition) is 6. The summed E-state index contributed by atoms with van der Waals surface area (Å²) in [6.45, 7) is 6.32. The molecule has 8 heteroatoms. The van der Waals surface area contributed by atoms with Crippen LogP contribution in [0.3, 0.4) is 0 Å². The van der Waals surface area contributed by atoms with Crippen LogP contribution in [0.5, 0.6) is 0 Å². The van der Waals surface area contributed by atoms with Crippen molar-refractivity contribution in [3.8, 4) is 0 Å². The van der Waals surface area contributed by atoms with Gasteiger partial charge in [-0.3, -0.25) is 14.2 Å². The van der Waals surface area contributed by atoms with Gasteiger partial charge in [0.1, 0.15) is 5.65 Å². The number of fused-ring (bicyclic) bond motifs is 1. The fraction of sp³-hybridized carbons (Fsp3) is 0.333. The Hall–Kier alpha value is -3.52. The van der Waals surface area contributed by atoms with E-state index in [9.17, 15) is 9.59 Å². The maximum absolute atomic E-state index is 12.6. The predicted molar refractivity (Wildman–Crippen MR) is 126 cm³/mol. The molecule has 3 aromatic rings. The lowest BCUT2D eigenvalue weighted by Gasteiger charge is -2.38. The van der Waals surface area contributed by atoms with Crippen molar-refractivity contribution in [2.75, 3.05) is 32.5 Å². The number of benzene rings is 1. The van der Waals surface area contributed by atoms with E-state index in [0.717, 1.165) is 24.0 Å². The van der Waals surface area contributed by atoms with E-state index in [2.05, 4.69) is 38.9 Å². The molecule has 32 heavy (non-hydrogen) atoms. The molecule has 0 radical (unpaired) electrons. The molecule has 4 rings (SSSR count). The Bertz CT molecular complexity index is 1200. The van der Waals surface area contributed by atoms with Gasteiger partial charge < -0.3 is 15.1 Å². The van der Waals surface area contributed by atoms with Gasteiger partial charge in [-0.05, 0) is 56.3 Å². The van der Waals surface area contributed by atoms with Crippen molar-refractivity contribution in [1.82, 2.24) is 24.3 Å². The molecule has 166 valence electrons. The number of rotatable bonds is 8. The van der Waals surface area contributed by atoms with Gasteiger partial charge in [-0.1, -0.05) is 18.7 Å². The quantitative estimate of drug-likeness (QED) is 0.551. The lowest BCUT2D eigenvalue weighted by molar-refractivity contribution is -0.132. The first-order valence-corrected chi connectivity index (χ1v) is 10.7. The molecule has 0 unspecified atom stereocenters. The normalized spacial score (nSPS) is 13.9. The number of carbonyl (C=O) groups is 1. The average Bonchev–Trinajstić information content (AvgIpc) is 2.73. The third-order valence-corrected chi connectivity index (χ3v) is 5.61. The van der Waals surface area contributed by atoms with Crippen LogP contribution in [-0.4, -0.2) is 57.4 Å². The number of amides is 1. The zero-order valence-corrected chi connectivity index (χ0v) is 18.5. The smallest absolute Gasteiger partial charge is 0.252 e. The molecular formula is C24H28N6O2. The van der Waals surface area contributed by atoms with Crippen LogP contribution in [0.4, 0.5) is 11.6 Å². The maximum atomic E-state index is 12.6. The molecule has 8 nitrogen and oxygen atoms in total. The number of anilines is 2. The molecule has 1 saturated heterocycles. The number of aromatic nitrogens is 3. The molecule has 1 aromatic carbocycles. The van der Waals surface area contributed by atoms with E-state index in [4.69, 9.17) is 0 Å². The minimum Gasteiger partial charge on any atom is -0.338 e. The first-order chi connectivity index (χ1) is 15.4. The van der Waals surface area contributed by atoms with Crippen molar-refractivity contribution in [1.29, 1.82) is 0 Å². The van der Waals surface area contributed by atoms with Gasteiger partial charge in [-0.2, -0.15) is 4.98 Å². The summed E-state index contributed by atoms with van der Waals surface area (Å²) in [5.74, 6) is 0.784. The second-order valence-corrected chi connectivity index (χ2v) is 8.46. The molecule has 1 amide bonds. The number of nitrogens with one attached hydrogen (secondary N) is 1. The van der Waals surface area contributed by atoms with Crippen LogP contribution in [0, 0.1) is 5.92 Å². The molecule has 1 N–H and O–H groups in total. The van der Waals surface area contributed by atoms with Crippen LogP contribution in [-0.2, 0) is 17.9 Å². The van der Waals surface area contributed by atoms with E-state index >= 15 is 0 Å². The van der Waals surface area contributed by atoms with Gasteiger partial charge in [0.25, 0.3) is 5.56 Å². The zero-order chi connectivity index (χ0) is 22.7. The van der Waals surface area contributed by atoms with E-state index < -0.39 is 0 Å². The molecule has 0 saturated carbocycles. The maximum Gasteiger partial charge on any atom is 0.252 e. The van der Waals surface area contributed by atoms with Crippen LogP contribution in [0.1, 0.15) is 12.0 Å². The van der Waals surface area contributed by atoms with Gasteiger partial charge in [-0.25, -0.2) is 4.98 Å². The van der Waals surface area contributed by atoms with E-state index in [-0.39, 0.29) is 11.5 Å². The summed E-state index contributed by atoms with van der Waals surface area (Å²) in [5, 5.41) is 4.07. The summed E-state index contributed by atoms with van der Waals surface area (Å²) in [5.41, 5.74) is 2.60. The van der Waals surface area contributed by atoms with Crippen molar-refractivity contribution in [2.45, 2.75) is 19.5 Å². The van der Waals surface area contributed by atoms with Crippen molar-refractivity contribution in [3.63, 3.8) is 0 Å². The van der Waals surface area contributed by atoms with Gasteiger partial charge >= 0.3 is 0 Å². The van der Waals surface area contributed by atoms with Crippen molar-refractivity contribution < 1.29 is 4.79 Å². The number of carbonyl (C=O) groups excluding carboxylic acids is 1. The second-order valence-electron chi connectivity index (χ2n) is 8.46. The number of nitrogens with zero attached hydrogens (tertiary/aromatic N) is 5. The second kappa shape index (κ2) is 9.32. The van der Waals surface area contributed by atoms with Crippen molar-refractivity contribution >= 4 is 28.6 Å². The van der Waals surface area contributed by atoms with Gasteiger partial charge in [0.05, 0.1) is 0 Å². The highest BCUT2D eigenvalue weighted by Gasteiger charge is 2.28. The fourth-order valence-electron chi connectivity index (χ4n) is 3.96. The summed E-state index contributed by atoms with van der Waals surface area (Å²) in [7, 11) is 4.06. The van der Waals surface area contributed by atoms with Gasteiger partial charge in [0, 0.05) is 49.5 Å². The molecule has 0 bridgehead atoms. The number of likely N-dealkylation sites (tertiary alicyclic amines) is 1. The summed E-state index contributed by atoms with van der Waals surface area (Å²) >= 11 is 0. The van der Waals surface area contributed by atoms with Crippen molar-refractivity contribution in [2.24, 2.45) is 5.92 Å². The van der Waals surface area contributed by atoms with Crippen molar-refractivity contribution in [3.05, 3.63) is 71.2 Å². The number of aryl methyl sites for hydroxylation is 1. The van der Waals surface area contributed by atoms with Crippen LogP contribution < -0.4 is 10.9 Å². The van der Waals surface area contributed by atoms with E-state index in [1.54, 1.807) is 27.8 Å². The Kier molecular flexibility index (Phi) is 6.32. The summed E-state index contributed by atoms with van der Waals surface area (Å²) in [6.07, 6.45) is 3.88. The van der Waals surface area contributed by atoms with E-state index in [1.165, 1.54) is 11.6 Å². The summed E-state index contributed by atoms with van der Waals surface area (Å²) in [6, 6.07) is 11.4. The number of hydrogen-bond donors (Lipinski definition) is 1. The minimum atomic E-state index is -0.0894. The van der Waals surface area contributed by atoms with E-state index in [0.29, 0.717) is 37.1 Å². The lowest BCUT2D eigenvalue weighted by Crippen LogP contribution is -2.49. The van der Waals surface area contributed by atoms with Crippen LogP contribution in [0.2, 0.25) is 0 Å². The molecular weight excluding hydrogens is 404 g/mol. The molecule has 1 aliphatic heterocycles. The Morgan fingerprint density at radius 1 is 1.28 bits per heavy atom. The monoisotopic (exact) mass is 432 g/mol. The van der Waals surface area contributed by atoms with Gasteiger partial charge in [0.15, 0.2) is 0 Å². The number of pyridine rings is 1. The first kappa shape index (κ1) is 21.7. The summed E-state index contributed by atoms with van der Waals surface area (Å²) in [4.78, 5) is 37.2. The molecule has 2 aromatic heterocycles. The average molecular weight is 433 g/mol. The standard InChI is InChI=1S/C24H28N6O2/c1-4-21(31)29-15-18(16-29)10-11-30-22(32)9-8-19-13-25-24(27-23(19)30)26-20-7-5-6-17(12-20)14-28(2)3/h4-9,12-13,18H,1,10-11,14-16H2,2-3H3,(H,25,26,27). The molecule has 1 fully saturated rings. The molecule has 0 spiro atoms. The van der Waals surface area contributed by atoms with Crippen LogP contribution >= 0.6 is 0 Å². The highest BCUT2D eigenvalue weighted by Crippen LogP contribution is 2.21. The molecule has 1 aliphatic rings.